The lowest BCUT2D eigenvalue weighted by Crippen LogP contribution is -1.90. The number of rotatable bonds is 3. The third-order valence-electron chi connectivity index (χ3n) is 2.07. The first-order valence-electron chi connectivity index (χ1n) is 4.80. The number of nitrogens with one attached hydrogen (secondary N) is 2. The van der Waals surface area contributed by atoms with Crippen molar-refractivity contribution in [1.82, 2.24) is 9.97 Å². The first-order valence-corrected chi connectivity index (χ1v) is 5.21. The summed E-state index contributed by atoms with van der Waals surface area (Å²) in [4.78, 5) is 6.00. The standard InChI is InChI=1S/C11H12N2OS/c1-2-14-9-5-3-8(4-6-9)10-7-12-11(15)13-10/h3-7H,2H2,1H3,(H2,12,13,15). The Hall–Kier alpha value is -1.55. The Morgan fingerprint density at radius 1 is 1.27 bits per heavy atom. The summed E-state index contributed by atoms with van der Waals surface area (Å²) in [6, 6.07) is 7.89. The third kappa shape index (κ3) is 2.27. The Bertz CT molecular complexity index is 484. The Kier molecular flexibility index (Phi) is 2.87. The zero-order valence-corrected chi connectivity index (χ0v) is 9.23. The number of hydrogen-bond acceptors (Lipinski definition) is 2. The molecule has 0 radical (unpaired) electrons. The van der Waals surface area contributed by atoms with Gasteiger partial charge >= 0.3 is 0 Å². The van der Waals surface area contributed by atoms with E-state index in [-0.39, 0.29) is 0 Å². The Labute approximate surface area is 93.1 Å². The quantitative estimate of drug-likeness (QED) is 0.780. The minimum absolute atomic E-state index is 0.638. The number of aromatic nitrogens is 2. The topological polar surface area (TPSA) is 40.8 Å². The minimum Gasteiger partial charge on any atom is -0.494 e. The van der Waals surface area contributed by atoms with E-state index >= 15 is 0 Å². The largest absolute Gasteiger partial charge is 0.494 e. The van der Waals surface area contributed by atoms with Gasteiger partial charge in [0.05, 0.1) is 12.3 Å². The molecule has 0 saturated heterocycles. The van der Waals surface area contributed by atoms with Crippen LogP contribution in [0.25, 0.3) is 11.3 Å². The molecule has 2 rings (SSSR count). The highest BCUT2D eigenvalue weighted by Gasteiger charge is 1.99. The van der Waals surface area contributed by atoms with Gasteiger partial charge in [0, 0.05) is 6.20 Å². The van der Waals surface area contributed by atoms with E-state index in [9.17, 15) is 0 Å². The van der Waals surface area contributed by atoms with E-state index in [4.69, 9.17) is 17.0 Å². The molecule has 0 fully saturated rings. The molecule has 0 atom stereocenters. The van der Waals surface area contributed by atoms with Crippen LogP contribution < -0.4 is 4.74 Å². The van der Waals surface area contributed by atoms with Crippen molar-refractivity contribution < 1.29 is 4.74 Å². The molecule has 2 aromatic rings. The molecule has 0 aliphatic carbocycles. The molecule has 1 aromatic carbocycles. The smallest absolute Gasteiger partial charge is 0.174 e. The van der Waals surface area contributed by atoms with E-state index < -0.39 is 0 Å². The van der Waals surface area contributed by atoms with Gasteiger partial charge in [0.1, 0.15) is 5.75 Å². The van der Waals surface area contributed by atoms with E-state index in [2.05, 4.69) is 9.97 Å². The molecular formula is C11H12N2OS. The number of aromatic amines is 2. The molecule has 3 nitrogen and oxygen atoms in total. The van der Waals surface area contributed by atoms with Gasteiger partial charge in [0.2, 0.25) is 0 Å². The fourth-order valence-electron chi connectivity index (χ4n) is 1.39. The summed E-state index contributed by atoms with van der Waals surface area (Å²) < 4.78 is 6.00. The van der Waals surface area contributed by atoms with Crippen LogP contribution in [0.2, 0.25) is 0 Å². The van der Waals surface area contributed by atoms with Gasteiger partial charge in [-0.15, -0.1) is 0 Å². The van der Waals surface area contributed by atoms with Crippen LogP contribution in [-0.2, 0) is 0 Å². The molecule has 0 aliphatic heterocycles. The molecule has 1 heterocycles. The SMILES string of the molecule is CCOc1ccc(-c2c[nH]c(=S)[nH]2)cc1. The van der Waals surface area contributed by atoms with Crippen molar-refractivity contribution in [3.05, 3.63) is 35.2 Å². The zero-order valence-electron chi connectivity index (χ0n) is 8.41. The highest BCUT2D eigenvalue weighted by molar-refractivity contribution is 7.71. The van der Waals surface area contributed by atoms with E-state index in [0.717, 1.165) is 17.0 Å². The van der Waals surface area contributed by atoms with E-state index in [1.807, 2.05) is 37.4 Å². The van der Waals surface area contributed by atoms with Crippen LogP contribution in [0.3, 0.4) is 0 Å². The van der Waals surface area contributed by atoms with Gasteiger partial charge < -0.3 is 14.7 Å². The van der Waals surface area contributed by atoms with Crippen LogP contribution in [0.4, 0.5) is 0 Å². The highest BCUT2D eigenvalue weighted by atomic mass is 32.1. The molecule has 4 heteroatoms. The van der Waals surface area contributed by atoms with Crippen LogP contribution in [0.5, 0.6) is 5.75 Å². The Balaban J connectivity index is 2.27. The maximum absolute atomic E-state index is 5.36. The average Bonchev–Trinajstić information content (AvgIpc) is 2.67. The summed E-state index contributed by atoms with van der Waals surface area (Å²) in [6.07, 6.45) is 1.86. The summed E-state index contributed by atoms with van der Waals surface area (Å²) in [5.41, 5.74) is 2.08. The normalized spacial score (nSPS) is 10.2. The van der Waals surface area contributed by atoms with Crippen LogP contribution in [0.15, 0.2) is 30.5 Å². The molecule has 0 saturated carbocycles. The molecule has 15 heavy (non-hydrogen) atoms. The fourth-order valence-corrected chi connectivity index (χ4v) is 1.55. The van der Waals surface area contributed by atoms with E-state index in [1.165, 1.54) is 0 Å². The lowest BCUT2D eigenvalue weighted by atomic mass is 10.2. The molecule has 0 spiro atoms. The van der Waals surface area contributed by atoms with Gasteiger partial charge in [0.15, 0.2) is 4.77 Å². The van der Waals surface area contributed by atoms with Crippen molar-refractivity contribution in [2.75, 3.05) is 6.61 Å². The van der Waals surface area contributed by atoms with Gasteiger partial charge in [-0.25, -0.2) is 0 Å². The maximum Gasteiger partial charge on any atom is 0.174 e. The summed E-state index contributed by atoms with van der Waals surface area (Å²) >= 11 is 4.96. The minimum atomic E-state index is 0.638. The number of hydrogen-bond donors (Lipinski definition) is 2. The predicted octanol–water partition coefficient (Wildman–Crippen LogP) is 3.14. The number of H-pyrrole nitrogens is 2. The van der Waals surface area contributed by atoms with Gasteiger partial charge in [-0.1, -0.05) is 0 Å². The Morgan fingerprint density at radius 2 is 2.00 bits per heavy atom. The molecule has 2 N–H and O–H groups in total. The highest BCUT2D eigenvalue weighted by Crippen LogP contribution is 2.20. The zero-order chi connectivity index (χ0) is 10.7. The van der Waals surface area contributed by atoms with Gasteiger partial charge in [-0.3, -0.25) is 0 Å². The first-order chi connectivity index (χ1) is 7.29. The number of imidazole rings is 1. The second-order valence-corrected chi connectivity index (χ2v) is 3.52. The van der Waals surface area contributed by atoms with Crippen molar-refractivity contribution in [2.24, 2.45) is 0 Å². The van der Waals surface area contributed by atoms with E-state index in [0.29, 0.717) is 11.4 Å². The van der Waals surface area contributed by atoms with Crippen LogP contribution in [0, 0.1) is 4.77 Å². The summed E-state index contributed by atoms with van der Waals surface area (Å²) in [6.45, 7) is 2.66. The summed E-state index contributed by atoms with van der Waals surface area (Å²) in [5, 5.41) is 0. The van der Waals surface area contributed by atoms with Gasteiger partial charge in [0.25, 0.3) is 0 Å². The Morgan fingerprint density at radius 3 is 2.53 bits per heavy atom. The summed E-state index contributed by atoms with van der Waals surface area (Å²) in [7, 11) is 0. The fraction of sp³-hybridized carbons (Fsp3) is 0.182. The third-order valence-corrected chi connectivity index (χ3v) is 2.29. The molecule has 0 aliphatic rings. The molecule has 0 amide bonds. The van der Waals surface area contributed by atoms with Crippen LogP contribution in [0.1, 0.15) is 6.92 Å². The van der Waals surface area contributed by atoms with Crippen molar-refractivity contribution in [3.8, 4) is 17.0 Å². The molecule has 0 bridgehead atoms. The predicted molar refractivity (Wildman–Crippen MR) is 62.6 cm³/mol. The summed E-state index contributed by atoms with van der Waals surface area (Å²) in [5.74, 6) is 0.885. The maximum atomic E-state index is 5.36. The molecule has 78 valence electrons. The van der Waals surface area contributed by atoms with Gasteiger partial charge in [-0.2, -0.15) is 0 Å². The van der Waals surface area contributed by atoms with Crippen molar-refractivity contribution in [2.45, 2.75) is 6.92 Å². The average molecular weight is 220 g/mol. The van der Waals surface area contributed by atoms with Crippen molar-refractivity contribution in [1.29, 1.82) is 0 Å². The van der Waals surface area contributed by atoms with E-state index in [1.54, 1.807) is 0 Å². The first kappa shape index (κ1) is 9.98. The lowest BCUT2D eigenvalue weighted by Gasteiger charge is -2.03. The molecular weight excluding hydrogens is 208 g/mol. The monoisotopic (exact) mass is 220 g/mol. The number of benzene rings is 1. The van der Waals surface area contributed by atoms with Crippen LogP contribution >= 0.6 is 12.2 Å². The van der Waals surface area contributed by atoms with Crippen molar-refractivity contribution in [3.63, 3.8) is 0 Å². The molecule has 0 unspecified atom stereocenters. The second kappa shape index (κ2) is 4.31. The lowest BCUT2D eigenvalue weighted by molar-refractivity contribution is 0.340. The van der Waals surface area contributed by atoms with Crippen LogP contribution in [-0.4, -0.2) is 16.6 Å². The van der Waals surface area contributed by atoms with Crippen molar-refractivity contribution >= 4 is 12.2 Å². The second-order valence-electron chi connectivity index (χ2n) is 3.11. The van der Waals surface area contributed by atoms with Gasteiger partial charge in [-0.05, 0) is 49.0 Å². The molecule has 1 aromatic heterocycles. The number of ether oxygens (including phenoxy) is 1.